The van der Waals surface area contributed by atoms with E-state index in [1.165, 1.54) is 11.8 Å². The molecule has 34 heavy (non-hydrogen) atoms. The lowest BCUT2D eigenvalue weighted by Crippen LogP contribution is -2.47. The fraction of sp³-hybridized carbons (Fsp3) is 0.231. The van der Waals surface area contributed by atoms with Crippen LogP contribution in [0.15, 0.2) is 72.8 Å². The van der Waals surface area contributed by atoms with Gasteiger partial charge in [0, 0.05) is 29.9 Å². The number of amides is 2. The summed E-state index contributed by atoms with van der Waals surface area (Å²) in [5, 5.41) is 0. The molecule has 2 atom stereocenters. The molecule has 1 heterocycles. The second-order valence-corrected chi connectivity index (χ2v) is 8.25. The Labute approximate surface area is 194 Å². The number of alkyl halides is 3. The predicted octanol–water partition coefficient (Wildman–Crippen LogP) is 6.38. The Morgan fingerprint density at radius 3 is 2.26 bits per heavy atom. The number of anilines is 2. The molecule has 0 bridgehead atoms. The van der Waals surface area contributed by atoms with Gasteiger partial charge in [0.15, 0.2) is 0 Å². The van der Waals surface area contributed by atoms with Gasteiger partial charge in [-0.05, 0) is 55.3 Å². The third-order valence-corrected chi connectivity index (χ3v) is 5.98. The highest BCUT2D eigenvalue weighted by molar-refractivity contribution is 6.07. The van der Waals surface area contributed by atoms with Gasteiger partial charge in [0.2, 0.25) is 5.91 Å². The third-order valence-electron chi connectivity index (χ3n) is 5.98. The summed E-state index contributed by atoms with van der Waals surface area (Å²) in [4.78, 5) is 29.1. The summed E-state index contributed by atoms with van der Waals surface area (Å²) in [6.07, 6.45) is -4.56. The zero-order valence-corrected chi connectivity index (χ0v) is 18.5. The van der Waals surface area contributed by atoms with Crippen LogP contribution in [0.1, 0.15) is 47.8 Å². The first-order valence-electron chi connectivity index (χ1n) is 10.7. The monoisotopic (exact) mass is 470 g/mol. The number of hydrogen-bond acceptors (Lipinski definition) is 2. The van der Waals surface area contributed by atoms with Crippen LogP contribution < -0.4 is 9.80 Å². The first-order chi connectivity index (χ1) is 16.1. The average Bonchev–Trinajstić information content (AvgIpc) is 2.79. The molecule has 1 aliphatic heterocycles. The van der Waals surface area contributed by atoms with Crippen molar-refractivity contribution in [3.05, 3.63) is 95.3 Å². The molecule has 3 aromatic rings. The van der Waals surface area contributed by atoms with Crippen molar-refractivity contribution in [2.24, 2.45) is 0 Å². The van der Waals surface area contributed by atoms with Crippen molar-refractivity contribution in [1.82, 2.24) is 0 Å². The van der Waals surface area contributed by atoms with Crippen LogP contribution in [-0.2, 0) is 11.0 Å². The van der Waals surface area contributed by atoms with E-state index in [0.29, 0.717) is 35.5 Å². The van der Waals surface area contributed by atoms with Gasteiger partial charge in [0.05, 0.1) is 11.6 Å². The van der Waals surface area contributed by atoms with Gasteiger partial charge in [-0.15, -0.1) is 0 Å². The van der Waals surface area contributed by atoms with E-state index in [-0.39, 0.29) is 17.5 Å². The highest BCUT2D eigenvalue weighted by Gasteiger charge is 2.39. The van der Waals surface area contributed by atoms with Gasteiger partial charge in [-0.3, -0.25) is 9.59 Å². The first-order valence-corrected chi connectivity index (χ1v) is 10.7. The lowest BCUT2D eigenvalue weighted by atomic mass is 9.89. The predicted molar refractivity (Wildman–Crippen MR) is 121 cm³/mol. The van der Waals surface area contributed by atoms with E-state index in [1.807, 2.05) is 30.3 Å². The molecule has 0 fully saturated rings. The molecule has 1 aliphatic rings. The number of benzene rings is 3. The Kier molecular flexibility index (Phi) is 6.17. The van der Waals surface area contributed by atoms with Gasteiger partial charge in [0.25, 0.3) is 5.91 Å². The number of fused-ring (bicyclic) bond motifs is 1. The summed E-state index contributed by atoms with van der Waals surface area (Å²) in [6.45, 7) is 3.24. The summed E-state index contributed by atoms with van der Waals surface area (Å²) >= 11 is 0. The maximum absolute atomic E-state index is 13.8. The molecular formula is C26H22F4N2O2. The third kappa shape index (κ3) is 4.27. The van der Waals surface area contributed by atoms with Crippen molar-refractivity contribution in [1.29, 1.82) is 0 Å². The smallest absolute Gasteiger partial charge is 0.305 e. The Hall–Kier alpha value is -3.68. The number of para-hydroxylation sites is 2. The van der Waals surface area contributed by atoms with Gasteiger partial charge in [0.1, 0.15) is 5.82 Å². The lowest BCUT2D eigenvalue weighted by molar-refractivity contribution is -0.140. The Bertz CT molecular complexity index is 1230. The van der Waals surface area contributed by atoms with Crippen LogP contribution in [0.4, 0.5) is 28.9 Å². The van der Waals surface area contributed by atoms with Gasteiger partial charge < -0.3 is 9.80 Å². The summed E-state index contributed by atoms with van der Waals surface area (Å²) < 4.78 is 53.5. The molecule has 8 heteroatoms. The number of rotatable bonds is 3. The zero-order chi connectivity index (χ0) is 24.6. The fourth-order valence-corrected chi connectivity index (χ4v) is 4.52. The molecule has 3 aromatic carbocycles. The van der Waals surface area contributed by atoms with Crippen LogP contribution in [0.25, 0.3) is 0 Å². The minimum atomic E-state index is -4.92. The second kappa shape index (κ2) is 8.93. The Morgan fingerprint density at radius 1 is 0.971 bits per heavy atom. The molecule has 0 N–H and O–H groups in total. The van der Waals surface area contributed by atoms with E-state index < -0.39 is 29.5 Å². The Morgan fingerprint density at radius 2 is 1.62 bits per heavy atom. The van der Waals surface area contributed by atoms with Crippen LogP contribution in [0, 0.1) is 5.82 Å². The minimum absolute atomic E-state index is 0.175. The summed E-state index contributed by atoms with van der Waals surface area (Å²) in [5.74, 6) is -2.28. The molecule has 0 saturated heterocycles. The summed E-state index contributed by atoms with van der Waals surface area (Å²) in [7, 11) is 0. The van der Waals surface area contributed by atoms with Crippen LogP contribution >= 0.6 is 0 Å². The Balaban J connectivity index is 1.78. The van der Waals surface area contributed by atoms with E-state index >= 15 is 0 Å². The molecule has 0 aromatic heterocycles. The maximum atomic E-state index is 13.8. The van der Waals surface area contributed by atoms with Crippen LogP contribution in [0.2, 0.25) is 0 Å². The van der Waals surface area contributed by atoms with Crippen molar-refractivity contribution >= 4 is 23.2 Å². The molecule has 176 valence electrons. The number of hydrogen-bond donors (Lipinski definition) is 0. The molecule has 4 rings (SSSR count). The van der Waals surface area contributed by atoms with Crippen molar-refractivity contribution in [3.8, 4) is 0 Å². The topological polar surface area (TPSA) is 40.6 Å². The zero-order valence-electron chi connectivity index (χ0n) is 18.5. The first kappa shape index (κ1) is 23.5. The molecule has 4 nitrogen and oxygen atoms in total. The molecule has 0 saturated carbocycles. The van der Waals surface area contributed by atoms with Crippen LogP contribution in [-0.4, -0.2) is 17.9 Å². The fourth-order valence-electron chi connectivity index (χ4n) is 4.52. The second-order valence-electron chi connectivity index (χ2n) is 8.25. The largest absolute Gasteiger partial charge is 0.419 e. The highest BCUT2D eigenvalue weighted by atomic mass is 19.4. The molecular weight excluding hydrogens is 448 g/mol. The number of halogens is 4. The van der Waals surface area contributed by atoms with E-state index in [4.69, 9.17) is 0 Å². The van der Waals surface area contributed by atoms with Crippen molar-refractivity contribution in [2.75, 3.05) is 9.80 Å². The van der Waals surface area contributed by atoms with Gasteiger partial charge >= 0.3 is 6.18 Å². The normalized spacial score (nSPS) is 17.8. The van der Waals surface area contributed by atoms with Crippen LogP contribution in [0.3, 0.4) is 0 Å². The number of carbonyl (C=O) groups excluding carboxylic acids is 2. The van der Waals surface area contributed by atoms with E-state index in [9.17, 15) is 27.2 Å². The van der Waals surface area contributed by atoms with Crippen molar-refractivity contribution in [3.63, 3.8) is 0 Å². The van der Waals surface area contributed by atoms with Crippen molar-refractivity contribution in [2.45, 2.75) is 38.5 Å². The van der Waals surface area contributed by atoms with E-state index in [1.54, 1.807) is 36.1 Å². The molecule has 0 spiro atoms. The minimum Gasteiger partial charge on any atom is -0.305 e. The molecule has 2 amide bonds. The maximum Gasteiger partial charge on any atom is 0.419 e. The van der Waals surface area contributed by atoms with Gasteiger partial charge in [-0.1, -0.05) is 36.4 Å². The van der Waals surface area contributed by atoms with E-state index in [2.05, 4.69) is 0 Å². The number of nitrogens with zero attached hydrogens (tertiary/aromatic N) is 2. The standard InChI is InChI=1S/C26H22F4N2O2/c1-16-14-24(32(17(2)33)19-8-4-3-5-9-19)20-10-6-7-11-23(20)31(16)25(34)18-12-13-22(27)21(15-18)26(28,29)30/h3-13,15-16,24H,14H2,1-2H3/t16-,24+/m0/s1. The van der Waals surface area contributed by atoms with Crippen LogP contribution in [0.5, 0.6) is 0 Å². The molecule has 0 radical (unpaired) electrons. The molecule has 0 aliphatic carbocycles. The SMILES string of the molecule is CC(=O)N(c1ccccc1)[C@@H]1C[C@H](C)N(C(=O)c2ccc(F)c(C(F)(F)F)c2)c2ccccc21. The van der Waals surface area contributed by atoms with Crippen molar-refractivity contribution < 1.29 is 27.2 Å². The van der Waals surface area contributed by atoms with E-state index in [0.717, 1.165) is 6.07 Å². The highest BCUT2D eigenvalue weighted by Crippen LogP contribution is 2.43. The quantitative estimate of drug-likeness (QED) is 0.417. The number of carbonyl (C=O) groups is 2. The van der Waals surface area contributed by atoms with Gasteiger partial charge in [-0.2, -0.15) is 13.2 Å². The van der Waals surface area contributed by atoms with Gasteiger partial charge in [-0.25, -0.2) is 4.39 Å². The summed E-state index contributed by atoms with van der Waals surface area (Å²) in [6, 6.07) is 17.6. The summed E-state index contributed by atoms with van der Waals surface area (Å²) in [5.41, 5.74) is 0.152. The average molecular weight is 470 g/mol. The molecule has 0 unspecified atom stereocenters. The lowest BCUT2D eigenvalue weighted by Gasteiger charge is -2.43.